The van der Waals surface area contributed by atoms with E-state index in [0.29, 0.717) is 18.1 Å². The predicted octanol–water partition coefficient (Wildman–Crippen LogP) is 4.57. The fourth-order valence-corrected chi connectivity index (χ4v) is 3.95. The average molecular weight is 389 g/mol. The summed E-state index contributed by atoms with van der Waals surface area (Å²) in [6.07, 6.45) is 1.47. The number of carbonyl (C=O) groups excluding carboxylic acids is 1. The Labute approximate surface area is 166 Å². The van der Waals surface area contributed by atoms with Crippen molar-refractivity contribution in [3.63, 3.8) is 0 Å². The molecule has 0 unspecified atom stereocenters. The first-order valence-corrected chi connectivity index (χ1v) is 9.66. The van der Waals surface area contributed by atoms with E-state index in [2.05, 4.69) is 26.7 Å². The van der Waals surface area contributed by atoms with Crippen molar-refractivity contribution in [2.75, 3.05) is 11.1 Å². The largest absolute Gasteiger partial charge is 0.383 e. The summed E-state index contributed by atoms with van der Waals surface area (Å²) in [5.41, 5.74) is 11.0. The molecule has 28 heavy (non-hydrogen) atoms. The number of rotatable bonds is 4. The van der Waals surface area contributed by atoms with Crippen LogP contribution in [0.5, 0.6) is 0 Å². The molecular formula is C21H19N5OS. The van der Waals surface area contributed by atoms with E-state index in [1.807, 2.05) is 54.8 Å². The van der Waals surface area contributed by atoms with Crippen molar-refractivity contribution >= 4 is 39.1 Å². The van der Waals surface area contributed by atoms with Crippen LogP contribution in [-0.4, -0.2) is 16.0 Å². The SMILES string of the molecule is Cc1cccc(CNC(=O)Nc2ccc(-c3csc4ncnc(N)c34)cc2)c1. The lowest BCUT2D eigenvalue weighted by Gasteiger charge is -2.09. The van der Waals surface area contributed by atoms with Crippen molar-refractivity contribution in [2.24, 2.45) is 0 Å². The molecule has 2 aromatic carbocycles. The summed E-state index contributed by atoms with van der Waals surface area (Å²) in [5, 5.41) is 8.60. The lowest BCUT2D eigenvalue weighted by atomic mass is 10.1. The second kappa shape index (κ2) is 7.66. The van der Waals surface area contributed by atoms with Gasteiger partial charge in [-0.25, -0.2) is 14.8 Å². The van der Waals surface area contributed by atoms with E-state index < -0.39 is 0 Å². The zero-order valence-electron chi connectivity index (χ0n) is 15.3. The van der Waals surface area contributed by atoms with Gasteiger partial charge in [-0.1, -0.05) is 42.0 Å². The Kier molecular flexibility index (Phi) is 4.90. The first-order chi connectivity index (χ1) is 13.6. The Morgan fingerprint density at radius 3 is 2.75 bits per heavy atom. The van der Waals surface area contributed by atoms with Crippen LogP contribution in [-0.2, 0) is 6.54 Å². The number of nitrogens with two attached hydrogens (primary N) is 1. The van der Waals surface area contributed by atoms with Crippen LogP contribution < -0.4 is 16.4 Å². The van der Waals surface area contributed by atoms with Gasteiger partial charge in [-0.2, -0.15) is 0 Å². The minimum absolute atomic E-state index is 0.243. The number of nitrogens with one attached hydrogen (secondary N) is 2. The zero-order valence-corrected chi connectivity index (χ0v) is 16.1. The van der Waals surface area contributed by atoms with Gasteiger partial charge in [0.05, 0.1) is 5.39 Å². The Morgan fingerprint density at radius 1 is 1.14 bits per heavy atom. The number of amides is 2. The summed E-state index contributed by atoms with van der Waals surface area (Å²) >= 11 is 1.53. The van der Waals surface area contributed by atoms with Gasteiger partial charge >= 0.3 is 6.03 Å². The molecule has 4 N–H and O–H groups in total. The first-order valence-electron chi connectivity index (χ1n) is 8.78. The molecule has 7 heteroatoms. The lowest BCUT2D eigenvalue weighted by Crippen LogP contribution is -2.28. The van der Waals surface area contributed by atoms with E-state index in [4.69, 9.17) is 5.73 Å². The summed E-state index contributed by atoms with van der Waals surface area (Å²) in [4.78, 5) is 21.4. The zero-order chi connectivity index (χ0) is 19.5. The normalized spacial score (nSPS) is 10.8. The van der Waals surface area contributed by atoms with E-state index in [1.165, 1.54) is 23.2 Å². The second-order valence-corrected chi connectivity index (χ2v) is 7.32. The van der Waals surface area contributed by atoms with Crippen LogP contribution in [0, 0.1) is 6.92 Å². The standard InChI is InChI=1S/C21H19N5OS/c1-13-3-2-4-14(9-13)10-23-21(27)26-16-7-5-15(6-8-16)17-11-28-20-18(17)19(22)24-12-25-20/h2-9,11-12H,10H2,1H3,(H2,22,24,25)(H2,23,26,27). The highest BCUT2D eigenvalue weighted by molar-refractivity contribution is 7.17. The number of aryl methyl sites for hydroxylation is 1. The number of fused-ring (bicyclic) bond motifs is 1. The maximum atomic E-state index is 12.2. The highest BCUT2D eigenvalue weighted by atomic mass is 32.1. The maximum absolute atomic E-state index is 12.2. The quantitative estimate of drug-likeness (QED) is 0.477. The molecule has 6 nitrogen and oxygen atoms in total. The second-order valence-electron chi connectivity index (χ2n) is 6.46. The molecule has 0 saturated heterocycles. The summed E-state index contributed by atoms with van der Waals surface area (Å²) in [6.45, 7) is 2.51. The van der Waals surface area contributed by atoms with Crippen LogP contribution in [0.4, 0.5) is 16.3 Å². The minimum atomic E-state index is -0.243. The van der Waals surface area contributed by atoms with Gasteiger partial charge in [-0.3, -0.25) is 0 Å². The topological polar surface area (TPSA) is 92.9 Å². The van der Waals surface area contributed by atoms with E-state index >= 15 is 0 Å². The number of hydrogen-bond donors (Lipinski definition) is 3. The van der Waals surface area contributed by atoms with E-state index in [0.717, 1.165) is 26.9 Å². The Morgan fingerprint density at radius 2 is 1.96 bits per heavy atom. The molecule has 2 aromatic heterocycles. The smallest absolute Gasteiger partial charge is 0.319 e. The molecule has 0 aliphatic carbocycles. The number of nitrogen functional groups attached to an aromatic ring is 1. The van der Waals surface area contributed by atoms with E-state index in [-0.39, 0.29) is 6.03 Å². The molecule has 4 rings (SSSR count). The molecule has 0 aliphatic rings. The van der Waals surface area contributed by atoms with Gasteiger partial charge in [0.1, 0.15) is 17.0 Å². The molecule has 4 aromatic rings. The summed E-state index contributed by atoms with van der Waals surface area (Å²) < 4.78 is 0. The third kappa shape index (κ3) is 3.79. The number of aromatic nitrogens is 2. The van der Waals surface area contributed by atoms with Crippen LogP contribution in [0.3, 0.4) is 0 Å². The molecule has 0 spiro atoms. The van der Waals surface area contributed by atoms with Crippen LogP contribution in [0.2, 0.25) is 0 Å². The summed E-state index contributed by atoms with van der Waals surface area (Å²) in [7, 11) is 0. The van der Waals surface area contributed by atoms with Crippen molar-refractivity contribution in [3.05, 3.63) is 71.4 Å². The van der Waals surface area contributed by atoms with E-state index in [9.17, 15) is 4.79 Å². The molecule has 140 valence electrons. The Bertz CT molecular complexity index is 1140. The summed E-state index contributed by atoms with van der Waals surface area (Å²) in [6, 6.07) is 15.4. The molecule has 2 amide bonds. The number of benzene rings is 2. The number of anilines is 2. The average Bonchev–Trinajstić information content (AvgIpc) is 3.13. The van der Waals surface area contributed by atoms with Gasteiger partial charge < -0.3 is 16.4 Å². The van der Waals surface area contributed by atoms with Crippen LogP contribution in [0.1, 0.15) is 11.1 Å². The van der Waals surface area contributed by atoms with Gasteiger partial charge in [0, 0.05) is 23.2 Å². The van der Waals surface area contributed by atoms with Crippen LogP contribution in [0.15, 0.2) is 60.2 Å². The highest BCUT2D eigenvalue weighted by Crippen LogP contribution is 2.35. The molecule has 0 radical (unpaired) electrons. The Balaban J connectivity index is 1.44. The molecule has 0 atom stereocenters. The fraction of sp³-hybridized carbons (Fsp3) is 0.0952. The maximum Gasteiger partial charge on any atom is 0.319 e. The fourth-order valence-electron chi connectivity index (χ4n) is 3.02. The Hall–Kier alpha value is -3.45. The molecule has 0 fully saturated rings. The lowest BCUT2D eigenvalue weighted by molar-refractivity contribution is 0.251. The highest BCUT2D eigenvalue weighted by Gasteiger charge is 2.11. The number of urea groups is 1. The van der Waals surface area contributed by atoms with Crippen molar-refractivity contribution < 1.29 is 4.79 Å². The van der Waals surface area contributed by atoms with Gasteiger partial charge in [0.15, 0.2) is 0 Å². The van der Waals surface area contributed by atoms with Gasteiger partial charge in [-0.15, -0.1) is 11.3 Å². The third-order valence-corrected chi connectivity index (χ3v) is 5.28. The van der Waals surface area contributed by atoms with Crippen LogP contribution >= 0.6 is 11.3 Å². The van der Waals surface area contributed by atoms with Crippen LogP contribution in [0.25, 0.3) is 21.3 Å². The number of thiophene rings is 1. The number of carbonyl (C=O) groups is 1. The molecule has 2 heterocycles. The molecular weight excluding hydrogens is 370 g/mol. The third-order valence-electron chi connectivity index (χ3n) is 4.39. The van der Waals surface area contributed by atoms with Gasteiger partial charge in [0.2, 0.25) is 0 Å². The molecule has 0 saturated carbocycles. The minimum Gasteiger partial charge on any atom is -0.383 e. The monoisotopic (exact) mass is 389 g/mol. The predicted molar refractivity (Wildman–Crippen MR) is 114 cm³/mol. The van der Waals surface area contributed by atoms with Crippen molar-refractivity contribution in [2.45, 2.75) is 13.5 Å². The summed E-state index contributed by atoms with van der Waals surface area (Å²) in [5.74, 6) is 0.471. The first kappa shape index (κ1) is 17.9. The molecule has 0 bridgehead atoms. The molecule has 0 aliphatic heterocycles. The number of nitrogens with zero attached hydrogens (tertiary/aromatic N) is 2. The van der Waals surface area contributed by atoms with Crippen molar-refractivity contribution in [3.8, 4) is 11.1 Å². The van der Waals surface area contributed by atoms with Crippen molar-refractivity contribution in [1.82, 2.24) is 15.3 Å². The van der Waals surface area contributed by atoms with Crippen molar-refractivity contribution in [1.29, 1.82) is 0 Å². The van der Waals surface area contributed by atoms with E-state index in [1.54, 1.807) is 0 Å². The van der Waals surface area contributed by atoms with Gasteiger partial charge in [-0.05, 0) is 30.2 Å². The van der Waals surface area contributed by atoms with Gasteiger partial charge in [0.25, 0.3) is 0 Å². The number of hydrogen-bond acceptors (Lipinski definition) is 5.